The lowest BCUT2D eigenvalue weighted by molar-refractivity contribution is 0.157. The average molecular weight is 226 g/mol. The van der Waals surface area contributed by atoms with Crippen LogP contribution in [-0.2, 0) is 6.42 Å². The summed E-state index contributed by atoms with van der Waals surface area (Å²) in [5.41, 5.74) is 4.43. The van der Waals surface area contributed by atoms with Crippen molar-refractivity contribution in [1.82, 2.24) is 9.88 Å². The Bertz CT molecular complexity index is 569. The van der Waals surface area contributed by atoms with Crippen LogP contribution in [0.5, 0.6) is 0 Å². The minimum atomic E-state index is 0.720. The van der Waals surface area contributed by atoms with Crippen LogP contribution < -0.4 is 0 Å². The molecule has 1 aliphatic carbocycles. The number of benzene rings is 1. The fourth-order valence-corrected chi connectivity index (χ4v) is 3.87. The van der Waals surface area contributed by atoms with Gasteiger partial charge >= 0.3 is 0 Å². The van der Waals surface area contributed by atoms with Crippen LogP contribution in [0.1, 0.15) is 29.9 Å². The van der Waals surface area contributed by atoms with Gasteiger partial charge in [0.1, 0.15) is 0 Å². The van der Waals surface area contributed by atoms with Crippen LogP contribution in [0, 0.1) is 0 Å². The Morgan fingerprint density at radius 2 is 2.29 bits per heavy atom. The summed E-state index contributed by atoms with van der Waals surface area (Å²) in [5, 5.41) is 1.52. The van der Waals surface area contributed by atoms with Crippen LogP contribution >= 0.6 is 0 Å². The molecule has 0 spiro atoms. The van der Waals surface area contributed by atoms with E-state index in [1.54, 1.807) is 5.56 Å². The maximum Gasteiger partial charge on any atom is 0.0459 e. The molecule has 1 N–H and O–H groups in total. The van der Waals surface area contributed by atoms with Crippen LogP contribution in [0.2, 0.25) is 0 Å². The summed E-state index contributed by atoms with van der Waals surface area (Å²) < 4.78 is 0. The lowest BCUT2D eigenvalue weighted by atomic mass is 9.75. The van der Waals surface area contributed by atoms with Crippen LogP contribution in [0.15, 0.2) is 24.4 Å². The van der Waals surface area contributed by atoms with Crippen molar-refractivity contribution in [3.05, 3.63) is 35.5 Å². The number of nitrogens with zero attached hydrogens (tertiary/aromatic N) is 1. The Morgan fingerprint density at radius 1 is 1.35 bits per heavy atom. The van der Waals surface area contributed by atoms with Crippen LogP contribution in [-0.4, -0.2) is 29.5 Å². The number of nitrogens with one attached hydrogen (secondary N) is 1. The first kappa shape index (κ1) is 9.72. The Balaban J connectivity index is 1.95. The molecule has 1 saturated heterocycles. The summed E-state index contributed by atoms with van der Waals surface area (Å²) in [6.45, 7) is 1.26. The minimum Gasteiger partial charge on any atom is -0.361 e. The van der Waals surface area contributed by atoms with Gasteiger partial charge < -0.3 is 9.88 Å². The standard InChI is InChI=1S/C15H18N2/c1-17-7-3-5-11-12-4-2-6-13-15(12)10(9-16-13)8-14(11)17/h2,4,6,9,11,14,16H,3,5,7-8H2,1H3/t11-,14-/m1/s1. The van der Waals surface area contributed by atoms with Gasteiger partial charge in [-0.2, -0.15) is 0 Å². The van der Waals surface area contributed by atoms with Crippen molar-refractivity contribution in [2.75, 3.05) is 13.6 Å². The SMILES string of the molecule is CN1CCC[C@@H]2c3cccc4[nH]cc(c34)C[C@H]21. The molecule has 1 aliphatic heterocycles. The quantitative estimate of drug-likeness (QED) is 0.732. The van der Waals surface area contributed by atoms with E-state index < -0.39 is 0 Å². The normalized spacial score (nSPS) is 28.3. The number of piperidine rings is 1. The Hall–Kier alpha value is -1.28. The first-order valence-corrected chi connectivity index (χ1v) is 6.64. The molecule has 4 rings (SSSR count). The van der Waals surface area contributed by atoms with Gasteiger partial charge in [-0.15, -0.1) is 0 Å². The average Bonchev–Trinajstić information content (AvgIpc) is 2.76. The second kappa shape index (κ2) is 3.36. The molecule has 0 saturated carbocycles. The molecular formula is C15H18N2. The third kappa shape index (κ3) is 1.25. The Labute approximate surface area is 102 Å². The van der Waals surface area contributed by atoms with Crippen LogP contribution in [0.3, 0.4) is 0 Å². The first-order chi connectivity index (χ1) is 8.34. The molecule has 2 aromatic rings. The number of hydrogen-bond donors (Lipinski definition) is 1. The van der Waals surface area contributed by atoms with Gasteiger partial charge in [0.25, 0.3) is 0 Å². The molecule has 2 aliphatic rings. The molecule has 2 atom stereocenters. The number of H-pyrrole nitrogens is 1. The van der Waals surface area contributed by atoms with E-state index in [1.807, 2.05) is 0 Å². The van der Waals surface area contributed by atoms with Crippen LogP contribution in [0.4, 0.5) is 0 Å². The van der Waals surface area contributed by atoms with Crippen molar-refractivity contribution >= 4 is 10.9 Å². The van der Waals surface area contributed by atoms with Crippen molar-refractivity contribution in [2.24, 2.45) is 0 Å². The van der Waals surface area contributed by atoms with Gasteiger partial charge in [0.15, 0.2) is 0 Å². The summed E-state index contributed by atoms with van der Waals surface area (Å²) in [6.07, 6.45) is 6.14. The molecule has 88 valence electrons. The Morgan fingerprint density at radius 3 is 3.24 bits per heavy atom. The molecule has 2 nitrogen and oxygen atoms in total. The number of likely N-dealkylation sites (N-methyl/N-ethyl adjacent to an activating group) is 1. The minimum absolute atomic E-state index is 0.720. The topological polar surface area (TPSA) is 19.0 Å². The second-order valence-corrected chi connectivity index (χ2v) is 5.58. The first-order valence-electron chi connectivity index (χ1n) is 6.64. The lowest BCUT2D eigenvalue weighted by Crippen LogP contribution is -2.44. The number of aromatic nitrogens is 1. The molecule has 17 heavy (non-hydrogen) atoms. The van der Waals surface area contributed by atoms with Crippen molar-refractivity contribution in [2.45, 2.75) is 31.2 Å². The summed E-state index contributed by atoms with van der Waals surface area (Å²) >= 11 is 0. The zero-order valence-electron chi connectivity index (χ0n) is 10.2. The van der Waals surface area contributed by atoms with Gasteiger partial charge in [-0.1, -0.05) is 12.1 Å². The van der Waals surface area contributed by atoms with Crippen LogP contribution in [0.25, 0.3) is 10.9 Å². The summed E-state index contributed by atoms with van der Waals surface area (Å²) in [4.78, 5) is 5.98. The molecule has 1 fully saturated rings. The molecular weight excluding hydrogens is 208 g/mol. The molecule has 1 aromatic heterocycles. The molecule has 2 heterocycles. The summed E-state index contributed by atoms with van der Waals surface area (Å²) in [6, 6.07) is 7.47. The van der Waals surface area contributed by atoms with Crippen molar-refractivity contribution in [3.63, 3.8) is 0 Å². The van der Waals surface area contributed by atoms with E-state index in [4.69, 9.17) is 0 Å². The summed E-state index contributed by atoms with van der Waals surface area (Å²) in [5.74, 6) is 0.751. The number of rotatable bonds is 0. The smallest absolute Gasteiger partial charge is 0.0459 e. The molecule has 0 unspecified atom stereocenters. The highest BCUT2D eigenvalue weighted by molar-refractivity contribution is 5.88. The lowest BCUT2D eigenvalue weighted by Gasteiger charge is -2.42. The highest BCUT2D eigenvalue weighted by Gasteiger charge is 2.35. The maximum absolute atomic E-state index is 3.43. The van der Waals surface area contributed by atoms with E-state index >= 15 is 0 Å². The van der Waals surface area contributed by atoms with E-state index in [0.717, 1.165) is 12.0 Å². The highest BCUT2D eigenvalue weighted by Crippen LogP contribution is 2.42. The fourth-order valence-electron chi connectivity index (χ4n) is 3.87. The van der Waals surface area contributed by atoms with E-state index in [1.165, 1.54) is 42.3 Å². The monoisotopic (exact) mass is 226 g/mol. The van der Waals surface area contributed by atoms with E-state index in [9.17, 15) is 0 Å². The van der Waals surface area contributed by atoms with Crippen molar-refractivity contribution in [3.8, 4) is 0 Å². The number of likely N-dealkylation sites (tertiary alicyclic amines) is 1. The summed E-state index contributed by atoms with van der Waals surface area (Å²) in [7, 11) is 2.29. The van der Waals surface area contributed by atoms with Crippen molar-refractivity contribution < 1.29 is 0 Å². The molecule has 0 radical (unpaired) electrons. The third-order valence-electron chi connectivity index (χ3n) is 4.70. The van der Waals surface area contributed by atoms with Gasteiger partial charge in [-0.05, 0) is 50.0 Å². The number of aromatic amines is 1. The van der Waals surface area contributed by atoms with Gasteiger partial charge in [0, 0.05) is 29.1 Å². The molecule has 0 bridgehead atoms. The molecule has 0 amide bonds. The fraction of sp³-hybridized carbons (Fsp3) is 0.467. The van der Waals surface area contributed by atoms with Gasteiger partial charge in [-0.3, -0.25) is 0 Å². The number of fused-ring (bicyclic) bond motifs is 2. The molecule has 1 aromatic carbocycles. The van der Waals surface area contributed by atoms with E-state index in [2.05, 4.69) is 41.3 Å². The van der Waals surface area contributed by atoms with Crippen molar-refractivity contribution in [1.29, 1.82) is 0 Å². The van der Waals surface area contributed by atoms with Gasteiger partial charge in [-0.25, -0.2) is 0 Å². The zero-order valence-corrected chi connectivity index (χ0v) is 10.2. The highest BCUT2D eigenvalue weighted by atomic mass is 15.1. The van der Waals surface area contributed by atoms with E-state index in [-0.39, 0.29) is 0 Å². The predicted molar refractivity (Wildman–Crippen MR) is 70.4 cm³/mol. The van der Waals surface area contributed by atoms with Gasteiger partial charge in [0.05, 0.1) is 0 Å². The second-order valence-electron chi connectivity index (χ2n) is 5.58. The molecule has 2 heteroatoms. The number of hydrogen-bond acceptors (Lipinski definition) is 1. The third-order valence-corrected chi connectivity index (χ3v) is 4.70. The maximum atomic E-state index is 3.43. The predicted octanol–water partition coefficient (Wildman–Crippen LogP) is 2.90. The zero-order chi connectivity index (χ0) is 11.4. The Kier molecular flexibility index (Phi) is 1.92. The van der Waals surface area contributed by atoms with E-state index in [0.29, 0.717) is 0 Å². The largest absolute Gasteiger partial charge is 0.361 e. The van der Waals surface area contributed by atoms with Gasteiger partial charge in [0.2, 0.25) is 0 Å².